The molecule has 1 saturated heterocycles. The number of hydrogen-bond donors (Lipinski definition) is 1. The van der Waals surface area contributed by atoms with Gasteiger partial charge in [0.05, 0.1) is 6.54 Å². The van der Waals surface area contributed by atoms with Crippen molar-refractivity contribution in [3.8, 4) is 0 Å². The Morgan fingerprint density at radius 2 is 1.80 bits per heavy atom. The van der Waals surface area contributed by atoms with Crippen LogP contribution < -0.4 is 4.90 Å². The normalized spacial score (nSPS) is 18.8. The Labute approximate surface area is 143 Å². The minimum atomic E-state index is -1.52. The summed E-state index contributed by atoms with van der Waals surface area (Å²) < 4.78 is 27.1. The maximum atomic E-state index is 13.8. The highest BCUT2D eigenvalue weighted by atomic mass is 19.1. The van der Waals surface area contributed by atoms with Crippen LogP contribution in [0.3, 0.4) is 0 Å². The van der Waals surface area contributed by atoms with Gasteiger partial charge in [-0.15, -0.1) is 0 Å². The van der Waals surface area contributed by atoms with E-state index in [9.17, 15) is 23.5 Å². The van der Waals surface area contributed by atoms with Gasteiger partial charge in [-0.3, -0.25) is 14.6 Å². The van der Waals surface area contributed by atoms with Crippen molar-refractivity contribution in [2.24, 2.45) is 0 Å². The van der Waals surface area contributed by atoms with Gasteiger partial charge in [-0.05, 0) is 37.3 Å². The second kappa shape index (κ2) is 6.60. The van der Waals surface area contributed by atoms with E-state index >= 15 is 0 Å². The molecular formula is C18H16F2N2O3. The molecule has 7 heteroatoms. The first-order chi connectivity index (χ1) is 11.9. The highest BCUT2D eigenvalue weighted by molar-refractivity contribution is 6.14. The molecule has 0 aromatic heterocycles. The summed E-state index contributed by atoms with van der Waals surface area (Å²) in [5, 5.41) is 10.2. The summed E-state index contributed by atoms with van der Waals surface area (Å²) in [5.41, 5.74) is 0.244. The molecule has 0 saturated carbocycles. The van der Waals surface area contributed by atoms with Crippen LogP contribution >= 0.6 is 0 Å². The summed E-state index contributed by atoms with van der Waals surface area (Å²) in [7, 11) is 0. The molecule has 2 atom stereocenters. The smallest absolute Gasteiger partial charge is 0.332 e. The van der Waals surface area contributed by atoms with Gasteiger partial charge in [0.25, 0.3) is 5.91 Å². The van der Waals surface area contributed by atoms with Gasteiger partial charge in [-0.2, -0.15) is 0 Å². The summed E-state index contributed by atoms with van der Waals surface area (Å²) >= 11 is 0. The Bertz CT molecular complexity index is 813. The van der Waals surface area contributed by atoms with Gasteiger partial charge < -0.3 is 5.11 Å². The van der Waals surface area contributed by atoms with E-state index in [1.54, 1.807) is 37.3 Å². The highest BCUT2D eigenvalue weighted by Gasteiger charge is 2.44. The molecule has 5 nitrogen and oxygen atoms in total. The zero-order valence-corrected chi connectivity index (χ0v) is 13.4. The molecule has 2 aromatic carbocycles. The minimum Gasteiger partial charge on any atom is -0.386 e. The Balaban J connectivity index is 1.84. The maximum absolute atomic E-state index is 13.8. The average Bonchev–Trinajstić information content (AvgIpc) is 2.81. The fraction of sp³-hybridized carbons (Fsp3) is 0.222. The number of amides is 3. The van der Waals surface area contributed by atoms with Crippen molar-refractivity contribution in [2.45, 2.75) is 19.1 Å². The molecule has 0 radical (unpaired) electrons. The topological polar surface area (TPSA) is 60.9 Å². The Morgan fingerprint density at radius 1 is 1.12 bits per heavy atom. The lowest BCUT2D eigenvalue weighted by atomic mass is 10.1. The van der Waals surface area contributed by atoms with E-state index in [0.717, 1.165) is 23.1 Å². The number of carbonyl (C=O) groups excluding carboxylic acids is 2. The number of β-amino-alcohol motifs (C(OH)–C–C–N with tert-alkyl or cyclic N) is 1. The Hall–Kier alpha value is -2.80. The number of aliphatic hydroxyl groups is 1. The molecule has 1 aliphatic rings. The SMILES string of the molecule is CC1C(=O)N(CC(O)c2cc(F)ccc2F)C(=O)N1c1ccccc1. The van der Waals surface area contributed by atoms with Crippen LogP contribution in [0.25, 0.3) is 0 Å². The lowest BCUT2D eigenvalue weighted by Gasteiger charge is -2.21. The monoisotopic (exact) mass is 346 g/mol. The quantitative estimate of drug-likeness (QED) is 0.866. The fourth-order valence-corrected chi connectivity index (χ4v) is 2.86. The summed E-state index contributed by atoms with van der Waals surface area (Å²) in [5.74, 6) is -2.03. The van der Waals surface area contributed by atoms with Gasteiger partial charge in [0.15, 0.2) is 0 Å². The number of imide groups is 1. The van der Waals surface area contributed by atoms with Crippen molar-refractivity contribution < 1.29 is 23.5 Å². The van der Waals surface area contributed by atoms with Gasteiger partial charge >= 0.3 is 6.03 Å². The van der Waals surface area contributed by atoms with E-state index < -0.39 is 42.3 Å². The predicted octanol–water partition coefficient (Wildman–Crippen LogP) is 2.86. The van der Waals surface area contributed by atoms with Crippen LogP contribution in [-0.4, -0.2) is 34.5 Å². The largest absolute Gasteiger partial charge is 0.386 e. The number of benzene rings is 2. The number of rotatable bonds is 4. The molecule has 0 aliphatic carbocycles. The van der Waals surface area contributed by atoms with Gasteiger partial charge in [-0.1, -0.05) is 18.2 Å². The molecule has 2 aromatic rings. The van der Waals surface area contributed by atoms with E-state index in [4.69, 9.17) is 0 Å². The molecule has 0 bridgehead atoms. The molecule has 1 aliphatic heterocycles. The van der Waals surface area contributed by atoms with Crippen LogP contribution in [0.1, 0.15) is 18.6 Å². The third-order valence-electron chi connectivity index (χ3n) is 4.15. The predicted molar refractivity (Wildman–Crippen MR) is 86.8 cm³/mol. The first-order valence-corrected chi connectivity index (χ1v) is 7.72. The third-order valence-corrected chi connectivity index (χ3v) is 4.15. The lowest BCUT2D eigenvalue weighted by Crippen LogP contribution is -2.36. The molecule has 0 spiro atoms. The number of para-hydroxylation sites is 1. The number of carbonyl (C=O) groups is 2. The Kier molecular flexibility index (Phi) is 4.50. The van der Waals surface area contributed by atoms with Crippen molar-refractivity contribution in [1.82, 2.24) is 4.90 Å². The second-order valence-corrected chi connectivity index (χ2v) is 5.79. The van der Waals surface area contributed by atoms with Crippen molar-refractivity contribution in [3.63, 3.8) is 0 Å². The molecule has 25 heavy (non-hydrogen) atoms. The minimum absolute atomic E-state index is 0.300. The summed E-state index contributed by atoms with van der Waals surface area (Å²) in [6, 6.07) is 9.94. The van der Waals surface area contributed by atoms with E-state index in [0.29, 0.717) is 5.69 Å². The molecular weight excluding hydrogens is 330 g/mol. The van der Waals surface area contributed by atoms with Crippen molar-refractivity contribution in [1.29, 1.82) is 0 Å². The molecule has 1 heterocycles. The van der Waals surface area contributed by atoms with Gasteiger partial charge in [0, 0.05) is 11.3 Å². The number of hydrogen-bond acceptors (Lipinski definition) is 3. The summed E-state index contributed by atoms with van der Waals surface area (Å²) in [6.45, 7) is 1.12. The van der Waals surface area contributed by atoms with E-state index in [-0.39, 0.29) is 5.56 Å². The van der Waals surface area contributed by atoms with Gasteiger partial charge in [0.2, 0.25) is 0 Å². The molecule has 1 N–H and O–H groups in total. The summed E-state index contributed by atoms with van der Waals surface area (Å²) in [6.07, 6.45) is -1.52. The number of halogens is 2. The highest BCUT2D eigenvalue weighted by Crippen LogP contribution is 2.28. The number of urea groups is 1. The number of nitrogens with zero attached hydrogens (tertiary/aromatic N) is 2. The molecule has 1 fully saturated rings. The van der Waals surface area contributed by atoms with Crippen LogP contribution in [0.4, 0.5) is 19.3 Å². The van der Waals surface area contributed by atoms with Crippen LogP contribution in [-0.2, 0) is 4.79 Å². The molecule has 3 rings (SSSR count). The van der Waals surface area contributed by atoms with Crippen molar-refractivity contribution in [2.75, 3.05) is 11.4 Å². The van der Waals surface area contributed by atoms with Crippen molar-refractivity contribution in [3.05, 3.63) is 65.7 Å². The van der Waals surface area contributed by atoms with Crippen molar-refractivity contribution >= 4 is 17.6 Å². The second-order valence-electron chi connectivity index (χ2n) is 5.79. The fourth-order valence-electron chi connectivity index (χ4n) is 2.86. The standard InChI is InChI=1S/C18H16F2N2O3/c1-11-17(24)21(18(25)22(11)13-5-3-2-4-6-13)10-16(23)14-9-12(19)7-8-15(14)20/h2-9,11,16,23H,10H2,1H3. The zero-order chi connectivity index (χ0) is 18.1. The van der Waals surface area contributed by atoms with Crippen LogP contribution in [0.5, 0.6) is 0 Å². The molecule has 2 unspecified atom stereocenters. The van der Waals surface area contributed by atoms with Gasteiger partial charge in [-0.25, -0.2) is 13.6 Å². The average molecular weight is 346 g/mol. The number of anilines is 1. The van der Waals surface area contributed by atoms with E-state index in [1.807, 2.05) is 0 Å². The van der Waals surface area contributed by atoms with Crippen LogP contribution in [0.15, 0.2) is 48.5 Å². The first kappa shape index (κ1) is 17.0. The molecule has 130 valence electrons. The maximum Gasteiger partial charge on any atom is 0.332 e. The lowest BCUT2D eigenvalue weighted by molar-refractivity contribution is -0.128. The zero-order valence-electron chi connectivity index (χ0n) is 13.4. The van der Waals surface area contributed by atoms with Crippen LogP contribution in [0.2, 0.25) is 0 Å². The molecule has 3 amide bonds. The van der Waals surface area contributed by atoms with Gasteiger partial charge in [0.1, 0.15) is 23.8 Å². The summed E-state index contributed by atoms with van der Waals surface area (Å²) in [4.78, 5) is 27.2. The number of aliphatic hydroxyl groups excluding tert-OH is 1. The van der Waals surface area contributed by atoms with Crippen LogP contribution in [0, 0.1) is 11.6 Å². The Morgan fingerprint density at radius 3 is 2.48 bits per heavy atom. The third kappa shape index (κ3) is 3.10. The van der Waals surface area contributed by atoms with E-state index in [2.05, 4.69) is 0 Å². The van der Waals surface area contributed by atoms with E-state index in [1.165, 1.54) is 4.90 Å². The first-order valence-electron chi connectivity index (χ1n) is 7.72.